The second-order valence-electron chi connectivity index (χ2n) is 5.77. The Morgan fingerprint density at radius 2 is 2.05 bits per heavy atom. The van der Waals surface area contributed by atoms with E-state index in [4.69, 9.17) is 5.11 Å². The van der Waals surface area contributed by atoms with E-state index in [-0.39, 0.29) is 17.9 Å². The van der Waals surface area contributed by atoms with Crippen LogP contribution in [-0.2, 0) is 11.2 Å². The Balaban J connectivity index is 2.04. The molecule has 4 heteroatoms. The topological polar surface area (TPSA) is 57.6 Å². The van der Waals surface area contributed by atoms with Crippen LogP contribution in [-0.4, -0.2) is 35.0 Å². The third kappa shape index (κ3) is 3.18. The van der Waals surface area contributed by atoms with E-state index < -0.39 is 5.97 Å². The van der Waals surface area contributed by atoms with E-state index in [9.17, 15) is 9.59 Å². The van der Waals surface area contributed by atoms with E-state index in [1.165, 1.54) is 0 Å². The minimum absolute atomic E-state index is 0.0295. The summed E-state index contributed by atoms with van der Waals surface area (Å²) < 4.78 is 0. The van der Waals surface area contributed by atoms with Gasteiger partial charge in [0.05, 0.1) is 12.0 Å². The molecule has 2 rings (SSSR count). The van der Waals surface area contributed by atoms with Crippen LogP contribution in [0, 0.1) is 11.8 Å². The smallest absolute Gasteiger partial charge is 0.335 e. The Hall–Kier alpha value is -1.84. The second kappa shape index (κ2) is 6.07. The van der Waals surface area contributed by atoms with Gasteiger partial charge in [0, 0.05) is 13.1 Å². The molecule has 1 heterocycles. The third-order valence-electron chi connectivity index (χ3n) is 4.11. The molecule has 0 radical (unpaired) electrons. The summed E-state index contributed by atoms with van der Waals surface area (Å²) in [6, 6.07) is 6.72. The lowest BCUT2D eigenvalue weighted by Crippen LogP contribution is -2.31. The molecule has 1 aliphatic heterocycles. The van der Waals surface area contributed by atoms with Gasteiger partial charge >= 0.3 is 5.97 Å². The number of carboxylic acid groups (broad SMARTS) is 1. The predicted molar refractivity (Wildman–Crippen MR) is 76.6 cm³/mol. The molecular weight excluding hydrogens is 254 g/mol. The van der Waals surface area contributed by atoms with Gasteiger partial charge in [-0.3, -0.25) is 4.79 Å². The lowest BCUT2D eigenvalue weighted by Gasteiger charge is -2.18. The highest BCUT2D eigenvalue weighted by molar-refractivity contribution is 5.91. The summed E-state index contributed by atoms with van der Waals surface area (Å²) in [6.07, 6.45) is 1.22. The Bertz CT molecular complexity index is 510. The lowest BCUT2D eigenvalue weighted by atomic mass is 9.95. The molecule has 0 spiro atoms. The zero-order valence-electron chi connectivity index (χ0n) is 12.0. The van der Waals surface area contributed by atoms with Gasteiger partial charge in [-0.1, -0.05) is 32.0 Å². The molecular formula is C16H21NO3. The van der Waals surface area contributed by atoms with Crippen LogP contribution in [0.1, 0.15) is 36.2 Å². The van der Waals surface area contributed by atoms with Crippen molar-refractivity contribution in [2.75, 3.05) is 13.1 Å². The maximum Gasteiger partial charge on any atom is 0.335 e. The Morgan fingerprint density at radius 3 is 2.65 bits per heavy atom. The van der Waals surface area contributed by atoms with Crippen LogP contribution in [0.25, 0.3) is 0 Å². The quantitative estimate of drug-likeness (QED) is 0.918. The van der Waals surface area contributed by atoms with Crippen LogP contribution in [0.15, 0.2) is 24.3 Å². The SMILES string of the molecule is CC(C)C1CCN(C(=O)Cc2ccccc2C(=O)O)C1. The van der Waals surface area contributed by atoms with Crippen molar-refractivity contribution in [3.05, 3.63) is 35.4 Å². The molecule has 1 unspecified atom stereocenters. The Kier molecular flexibility index (Phi) is 4.42. The normalized spacial score (nSPS) is 18.6. The van der Waals surface area contributed by atoms with E-state index in [1.54, 1.807) is 24.3 Å². The van der Waals surface area contributed by atoms with Crippen LogP contribution in [0.4, 0.5) is 0 Å². The van der Waals surface area contributed by atoms with Gasteiger partial charge in [0.2, 0.25) is 5.91 Å². The molecule has 1 fully saturated rings. The molecule has 1 aromatic carbocycles. The fourth-order valence-electron chi connectivity index (χ4n) is 2.72. The maximum absolute atomic E-state index is 12.3. The maximum atomic E-state index is 12.3. The molecule has 0 aliphatic carbocycles. The van der Waals surface area contributed by atoms with Gasteiger partial charge in [-0.05, 0) is 29.9 Å². The zero-order valence-corrected chi connectivity index (χ0v) is 12.0. The largest absolute Gasteiger partial charge is 0.478 e. The number of rotatable bonds is 4. The van der Waals surface area contributed by atoms with E-state index in [1.807, 2.05) is 4.90 Å². The first-order chi connectivity index (χ1) is 9.49. The molecule has 1 aromatic rings. The number of aromatic carboxylic acids is 1. The van der Waals surface area contributed by atoms with Gasteiger partial charge in [0.15, 0.2) is 0 Å². The summed E-state index contributed by atoms with van der Waals surface area (Å²) in [7, 11) is 0. The summed E-state index contributed by atoms with van der Waals surface area (Å²) >= 11 is 0. The number of nitrogens with zero attached hydrogens (tertiary/aromatic N) is 1. The number of likely N-dealkylation sites (tertiary alicyclic amines) is 1. The van der Waals surface area contributed by atoms with Crippen molar-refractivity contribution >= 4 is 11.9 Å². The molecule has 1 N–H and O–H groups in total. The second-order valence-corrected chi connectivity index (χ2v) is 5.77. The number of carbonyl (C=O) groups excluding carboxylic acids is 1. The predicted octanol–water partition coefficient (Wildman–Crippen LogP) is 2.43. The highest BCUT2D eigenvalue weighted by Gasteiger charge is 2.28. The molecule has 20 heavy (non-hydrogen) atoms. The van der Waals surface area contributed by atoms with Crippen LogP contribution < -0.4 is 0 Å². The van der Waals surface area contributed by atoms with Gasteiger partial charge in [0.25, 0.3) is 0 Å². The number of hydrogen-bond acceptors (Lipinski definition) is 2. The van der Waals surface area contributed by atoms with Crippen molar-refractivity contribution in [1.29, 1.82) is 0 Å². The van der Waals surface area contributed by atoms with Crippen molar-refractivity contribution in [3.8, 4) is 0 Å². The molecule has 1 amide bonds. The monoisotopic (exact) mass is 275 g/mol. The van der Waals surface area contributed by atoms with Crippen LogP contribution in [0.5, 0.6) is 0 Å². The van der Waals surface area contributed by atoms with Crippen molar-refractivity contribution < 1.29 is 14.7 Å². The molecule has 4 nitrogen and oxygen atoms in total. The van der Waals surface area contributed by atoms with Crippen LogP contribution in [0.3, 0.4) is 0 Å². The van der Waals surface area contributed by atoms with Gasteiger partial charge < -0.3 is 10.0 Å². The minimum atomic E-state index is -0.977. The van der Waals surface area contributed by atoms with Crippen LogP contribution >= 0.6 is 0 Å². The summed E-state index contributed by atoms with van der Waals surface area (Å²) in [5, 5.41) is 9.13. The number of carbonyl (C=O) groups is 2. The first-order valence-electron chi connectivity index (χ1n) is 7.08. The summed E-state index contributed by atoms with van der Waals surface area (Å²) in [4.78, 5) is 25.3. The highest BCUT2D eigenvalue weighted by atomic mass is 16.4. The molecule has 0 saturated carbocycles. The van der Waals surface area contributed by atoms with Crippen molar-refractivity contribution in [2.45, 2.75) is 26.7 Å². The highest BCUT2D eigenvalue weighted by Crippen LogP contribution is 2.24. The molecule has 1 saturated heterocycles. The number of amides is 1. The summed E-state index contributed by atoms with van der Waals surface area (Å²) in [5.41, 5.74) is 0.818. The van der Waals surface area contributed by atoms with Gasteiger partial charge in [-0.15, -0.1) is 0 Å². The van der Waals surface area contributed by atoms with E-state index in [0.717, 1.165) is 19.5 Å². The van der Waals surface area contributed by atoms with Gasteiger partial charge in [-0.25, -0.2) is 4.79 Å². The third-order valence-corrected chi connectivity index (χ3v) is 4.11. The van der Waals surface area contributed by atoms with E-state index in [2.05, 4.69) is 13.8 Å². The first kappa shape index (κ1) is 14.6. The Labute approximate surface area is 119 Å². The number of carboxylic acids is 1. The minimum Gasteiger partial charge on any atom is -0.478 e. The van der Waals surface area contributed by atoms with E-state index >= 15 is 0 Å². The number of hydrogen-bond donors (Lipinski definition) is 1. The zero-order chi connectivity index (χ0) is 14.7. The van der Waals surface area contributed by atoms with Gasteiger partial charge in [0.1, 0.15) is 0 Å². The van der Waals surface area contributed by atoms with E-state index in [0.29, 0.717) is 17.4 Å². The fraction of sp³-hybridized carbons (Fsp3) is 0.500. The molecule has 1 aliphatic rings. The summed E-state index contributed by atoms with van der Waals surface area (Å²) in [5.74, 6) is 0.199. The van der Waals surface area contributed by atoms with Crippen molar-refractivity contribution in [3.63, 3.8) is 0 Å². The fourth-order valence-corrected chi connectivity index (χ4v) is 2.72. The Morgan fingerprint density at radius 1 is 1.35 bits per heavy atom. The van der Waals surface area contributed by atoms with Crippen molar-refractivity contribution in [2.24, 2.45) is 11.8 Å². The average molecular weight is 275 g/mol. The van der Waals surface area contributed by atoms with Crippen molar-refractivity contribution in [1.82, 2.24) is 4.90 Å². The molecule has 0 bridgehead atoms. The molecule has 108 valence electrons. The molecule has 1 atom stereocenters. The van der Waals surface area contributed by atoms with Crippen LogP contribution in [0.2, 0.25) is 0 Å². The number of benzene rings is 1. The first-order valence-corrected chi connectivity index (χ1v) is 7.08. The standard InChI is InChI=1S/C16H21NO3/c1-11(2)13-7-8-17(10-13)15(18)9-12-5-3-4-6-14(12)16(19)20/h3-6,11,13H,7-10H2,1-2H3,(H,19,20). The lowest BCUT2D eigenvalue weighted by molar-refractivity contribution is -0.129. The summed E-state index contributed by atoms with van der Waals surface area (Å²) in [6.45, 7) is 5.94. The average Bonchev–Trinajstić information content (AvgIpc) is 2.89. The molecule has 0 aromatic heterocycles. The van der Waals surface area contributed by atoms with Gasteiger partial charge in [-0.2, -0.15) is 0 Å².